The van der Waals surface area contributed by atoms with E-state index in [1.807, 2.05) is 43.4 Å². The van der Waals surface area contributed by atoms with Crippen molar-refractivity contribution in [1.29, 1.82) is 0 Å². The summed E-state index contributed by atoms with van der Waals surface area (Å²) in [6.45, 7) is 4.57. The molecule has 0 bridgehead atoms. The average molecular weight is 548 g/mol. The summed E-state index contributed by atoms with van der Waals surface area (Å²) in [5, 5.41) is 25.5. The molecule has 1 aromatic rings. The van der Waals surface area contributed by atoms with Crippen LogP contribution in [0.15, 0.2) is 47.1 Å². The Bertz CT molecular complexity index is 1100. The van der Waals surface area contributed by atoms with Crippen LogP contribution in [-0.2, 0) is 17.6 Å². The third-order valence-electron chi connectivity index (χ3n) is 6.08. The Morgan fingerprint density at radius 3 is 2.63 bits per heavy atom. The first kappa shape index (κ1) is 32.1. The van der Waals surface area contributed by atoms with E-state index >= 15 is 0 Å². The maximum atomic E-state index is 13.3. The zero-order valence-electron chi connectivity index (χ0n) is 22.9. The Morgan fingerprint density at radius 1 is 1.18 bits per heavy atom. The van der Waals surface area contributed by atoms with Crippen molar-refractivity contribution in [3.63, 3.8) is 0 Å². The minimum absolute atomic E-state index is 0.359. The summed E-state index contributed by atoms with van der Waals surface area (Å²) in [5.74, 6) is 0. The quantitative estimate of drug-likeness (QED) is 0.163. The summed E-state index contributed by atoms with van der Waals surface area (Å²) in [7, 11) is 1.50. The van der Waals surface area contributed by atoms with Crippen LogP contribution in [0.5, 0.6) is 0 Å². The molecule has 0 saturated heterocycles. The van der Waals surface area contributed by atoms with Gasteiger partial charge in [-0.3, -0.25) is 5.32 Å². The highest BCUT2D eigenvalue weighted by atomic mass is 35.5. The number of aryl methyl sites for hydroxylation is 1. The Balaban J connectivity index is 2.22. The van der Waals surface area contributed by atoms with E-state index < -0.39 is 18.7 Å². The summed E-state index contributed by atoms with van der Waals surface area (Å²) >= 11 is 6.23. The number of nitrogens with one attached hydrogen (secondary N) is 1. The van der Waals surface area contributed by atoms with Crippen molar-refractivity contribution in [2.75, 3.05) is 13.7 Å². The number of allylic oxidation sites excluding steroid dienone is 6. The summed E-state index contributed by atoms with van der Waals surface area (Å²) in [4.78, 5) is 9.91. The van der Waals surface area contributed by atoms with Crippen molar-refractivity contribution >= 4 is 23.8 Å². The Kier molecular flexibility index (Phi) is 15.3. The highest BCUT2D eigenvalue weighted by Crippen LogP contribution is 2.13. The molecule has 8 heteroatoms. The number of hydrogen-bond acceptors (Lipinski definition) is 6. The SMILES string of the molecule is CC/C=C(Cl)\C=C/Cc1nc(=C/CC)/c(=C\CC(O)NCC2=CCC(F)C=C2)nc1CCCCC(O)OC. The summed E-state index contributed by atoms with van der Waals surface area (Å²) in [6, 6.07) is 0. The number of alkyl halides is 1. The van der Waals surface area contributed by atoms with Crippen molar-refractivity contribution in [1.82, 2.24) is 15.3 Å². The van der Waals surface area contributed by atoms with Gasteiger partial charge in [-0.25, -0.2) is 14.4 Å². The minimum Gasteiger partial charge on any atom is -0.378 e. The van der Waals surface area contributed by atoms with Gasteiger partial charge in [0, 0.05) is 37.9 Å². The van der Waals surface area contributed by atoms with Crippen LogP contribution in [0.1, 0.15) is 70.2 Å². The second-order valence-electron chi connectivity index (χ2n) is 9.27. The molecule has 3 atom stereocenters. The Morgan fingerprint density at radius 2 is 1.95 bits per heavy atom. The van der Waals surface area contributed by atoms with E-state index in [1.54, 1.807) is 12.2 Å². The van der Waals surface area contributed by atoms with Crippen LogP contribution < -0.4 is 16.0 Å². The first-order chi connectivity index (χ1) is 18.4. The lowest BCUT2D eigenvalue weighted by atomic mass is 10.1. The highest BCUT2D eigenvalue weighted by Gasteiger charge is 2.10. The number of aliphatic hydroxyl groups excluding tert-OH is 2. The van der Waals surface area contributed by atoms with Crippen molar-refractivity contribution in [2.24, 2.45) is 0 Å². The van der Waals surface area contributed by atoms with Crippen LogP contribution in [0.2, 0.25) is 0 Å². The van der Waals surface area contributed by atoms with E-state index in [0.29, 0.717) is 37.3 Å². The Labute approximate surface area is 231 Å². The molecule has 6 nitrogen and oxygen atoms in total. The van der Waals surface area contributed by atoms with Gasteiger partial charge >= 0.3 is 0 Å². The van der Waals surface area contributed by atoms with Gasteiger partial charge < -0.3 is 14.9 Å². The van der Waals surface area contributed by atoms with Crippen molar-refractivity contribution in [3.8, 4) is 0 Å². The van der Waals surface area contributed by atoms with Gasteiger partial charge in [0.1, 0.15) is 12.4 Å². The van der Waals surface area contributed by atoms with Gasteiger partial charge in [-0.05, 0) is 50.2 Å². The highest BCUT2D eigenvalue weighted by molar-refractivity contribution is 6.31. The molecule has 1 heterocycles. The van der Waals surface area contributed by atoms with Crippen LogP contribution in [0.3, 0.4) is 0 Å². The molecular formula is C30H43ClFN3O3. The first-order valence-corrected chi connectivity index (χ1v) is 14.0. The maximum Gasteiger partial charge on any atom is 0.154 e. The number of methoxy groups -OCH3 is 1. The summed E-state index contributed by atoms with van der Waals surface area (Å²) in [5.41, 5.74) is 2.76. The van der Waals surface area contributed by atoms with Gasteiger partial charge in [0.15, 0.2) is 6.29 Å². The molecule has 1 aliphatic rings. The number of halogens is 2. The van der Waals surface area contributed by atoms with E-state index in [0.717, 1.165) is 59.8 Å². The predicted molar refractivity (Wildman–Crippen MR) is 154 cm³/mol. The van der Waals surface area contributed by atoms with Gasteiger partial charge in [0.2, 0.25) is 0 Å². The van der Waals surface area contributed by atoms with Crippen LogP contribution in [0.25, 0.3) is 12.2 Å². The zero-order chi connectivity index (χ0) is 27.8. The van der Waals surface area contributed by atoms with Crippen LogP contribution in [0.4, 0.5) is 4.39 Å². The fraction of sp³-hybridized carbons (Fsp3) is 0.533. The molecule has 2 rings (SSSR count). The standard InChI is InChI=1S/C30H43ClFN3O3/c1-4-9-23(31)11-8-13-27-26(12-6-7-14-30(37)38-3)35-28(25(34-27)10-5-2)19-20-29(36)33-21-22-15-17-24(32)18-16-22/h8-11,15-17,19,24,29-30,33,36-37H,4-7,12-14,18,20-21H2,1-3H3/b11-8-,23-9+,25-10+,28-19+. The van der Waals surface area contributed by atoms with E-state index in [4.69, 9.17) is 26.3 Å². The number of rotatable bonds is 16. The van der Waals surface area contributed by atoms with Crippen LogP contribution >= 0.6 is 11.6 Å². The normalized spacial score (nSPS) is 18.9. The molecule has 0 amide bonds. The second kappa shape index (κ2) is 18.2. The van der Waals surface area contributed by atoms with Crippen molar-refractivity contribution in [2.45, 2.75) is 90.3 Å². The number of aromatic nitrogens is 2. The molecule has 1 aromatic heterocycles. The van der Waals surface area contributed by atoms with Gasteiger partial charge in [-0.15, -0.1) is 0 Å². The number of nitrogens with zero attached hydrogens (tertiary/aromatic N) is 2. The lowest BCUT2D eigenvalue weighted by molar-refractivity contribution is -0.0792. The van der Waals surface area contributed by atoms with Crippen molar-refractivity contribution in [3.05, 3.63) is 69.1 Å². The molecule has 0 aliphatic heterocycles. The fourth-order valence-electron chi connectivity index (χ4n) is 3.98. The fourth-order valence-corrected chi connectivity index (χ4v) is 4.22. The molecule has 210 valence electrons. The lowest BCUT2D eigenvalue weighted by Gasteiger charge is -2.14. The monoisotopic (exact) mass is 547 g/mol. The number of ether oxygens (including phenoxy) is 1. The lowest BCUT2D eigenvalue weighted by Crippen LogP contribution is -2.36. The van der Waals surface area contributed by atoms with Gasteiger partial charge in [0.05, 0.1) is 22.1 Å². The molecule has 0 spiro atoms. The topological polar surface area (TPSA) is 87.5 Å². The molecule has 0 fully saturated rings. The largest absolute Gasteiger partial charge is 0.378 e. The van der Waals surface area contributed by atoms with Crippen LogP contribution in [-0.4, -0.2) is 52.5 Å². The number of aliphatic hydroxyl groups is 2. The molecule has 38 heavy (non-hydrogen) atoms. The summed E-state index contributed by atoms with van der Waals surface area (Å²) in [6.07, 6.45) is 18.4. The third-order valence-corrected chi connectivity index (χ3v) is 6.36. The van der Waals surface area contributed by atoms with E-state index in [9.17, 15) is 14.6 Å². The van der Waals surface area contributed by atoms with Gasteiger partial charge in [0.25, 0.3) is 0 Å². The maximum absolute atomic E-state index is 13.3. The Hall–Kier alpha value is -2.16. The second-order valence-corrected chi connectivity index (χ2v) is 9.70. The molecule has 0 aromatic carbocycles. The number of hydrogen-bond donors (Lipinski definition) is 3. The molecule has 1 aliphatic carbocycles. The van der Waals surface area contributed by atoms with E-state index in [2.05, 4.69) is 12.2 Å². The molecule has 3 unspecified atom stereocenters. The zero-order valence-corrected chi connectivity index (χ0v) is 23.6. The van der Waals surface area contributed by atoms with Gasteiger partial charge in [-0.2, -0.15) is 0 Å². The van der Waals surface area contributed by atoms with E-state index in [1.165, 1.54) is 7.11 Å². The predicted octanol–water partition coefficient (Wildman–Crippen LogP) is 4.28. The van der Waals surface area contributed by atoms with Crippen molar-refractivity contribution < 1.29 is 19.3 Å². The molecule has 0 saturated carbocycles. The molecule has 3 N–H and O–H groups in total. The van der Waals surface area contributed by atoms with Crippen LogP contribution in [0, 0.1) is 0 Å². The van der Waals surface area contributed by atoms with E-state index in [-0.39, 0.29) is 0 Å². The molecule has 0 radical (unpaired) electrons. The number of unbranched alkanes of at least 4 members (excludes halogenated alkanes) is 1. The minimum atomic E-state index is -0.925. The summed E-state index contributed by atoms with van der Waals surface area (Å²) < 4.78 is 18.2. The molecular weight excluding hydrogens is 505 g/mol. The smallest absolute Gasteiger partial charge is 0.154 e. The first-order valence-electron chi connectivity index (χ1n) is 13.6. The average Bonchev–Trinajstić information content (AvgIpc) is 2.91. The third kappa shape index (κ3) is 12.1. The van der Waals surface area contributed by atoms with Gasteiger partial charge in [-0.1, -0.05) is 68.0 Å².